The number of carbonyl (C=O) groups excluding carboxylic acids is 2. The molecule has 1 fully saturated rings. The van der Waals surface area contributed by atoms with E-state index in [0.717, 1.165) is 34.3 Å². The second kappa shape index (κ2) is 9.27. The van der Waals surface area contributed by atoms with E-state index in [1.165, 1.54) is 0 Å². The molecule has 4 rings (SSSR count). The molecule has 0 unspecified atom stereocenters. The molecule has 1 aliphatic rings. The van der Waals surface area contributed by atoms with E-state index in [1.54, 1.807) is 0 Å². The molecular weight excluding hydrogens is 388 g/mol. The quantitative estimate of drug-likeness (QED) is 0.691. The minimum atomic E-state index is -0.0376. The highest BCUT2D eigenvalue weighted by atomic mass is 16.2. The number of piperazine rings is 1. The summed E-state index contributed by atoms with van der Waals surface area (Å²) in [5, 5.41) is 4.10. The maximum Gasteiger partial charge on any atom is 0.253 e. The van der Waals surface area contributed by atoms with Crippen molar-refractivity contribution < 1.29 is 9.59 Å². The van der Waals surface area contributed by atoms with Gasteiger partial charge in [-0.25, -0.2) is 0 Å². The molecule has 0 radical (unpaired) electrons. The van der Waals surface area contributed by atoms with Crippen LogP contribution in [0.3, 0.4) is 0 Å². The Morgan fingerprint density at radius 3 is 2.35 bits per heavy atom. The van der Waals surface area contributed by atoms with Gasteiger partial charge in [-0.05, 0) is 37.1 Å². The molecule has 31 heavy (non-hydrogen) atoms. The van der Waals surface area contributed by atoms with Crippen molar-refractivity contribution in [1.29, 1.82) is 0 Å². The van der Waals surface area contributed by atoms with Crippen LogP contribution in [0.1, 0.15) is 28.5 Å². The van der Waals surface area contributed by atoms with Crippen LogP contribution >= 0.6 is 0 Å². The number of aryl methyl sites for hydroxylation is 1. The zero-order valence-electron chi connectivity index (χ0n) is 18.1. The van der Waals surface area contributed by atoms with Crippen molar-refractivity contribution in [2.75, 3.05) is 38.0 Å². The van der Waals surface area contributed by atoms with E-state index in [2.05, 4.69) is 17.1 Å². The van der Waals surface area contributed by atoms with Crippen molar-refractivity contribution in [2.45, 2.75) is 20.3 Å². The fraction of sp³-hybridized carbons (Fsp3) is 0.320. The van der Waals surface area contributed by atoms with E-state index >= 15 is 0 Å². The average Bonchev–Trinajstić information content (AvgIpc) is 2.81. The third-order valence-corrected chi connectivity index (χ3v) is 5.88. The Hall–Kier alpha value is -3.25. The topological polar surface area (TPSA) is 65.5 Å². The highest BCUT2D eigenvalue weighted by Crippen LogP contribution is 2.28. The predicted molar refractivity (Wildman–Crippen MR) is 123 cm³/mol. The van der Waals surface area contributed by atoms with Crippen molar-refractivity contribution >= 4 is 28.4 Å². The second-order valence-corrected chi connectivity index (χ2v) is 7.91. The highest BCUT2D eigenvalue weighted by molar-refractivity contribution is 6.03. The van der Waals surface area contributed by atoms with Crippen molar-refractivity contribution in [2.24, 2.45) is 0 Å². The van der Waals surface area contributed by atoms with Crippen LogP contribution in [-0.2, 0) is 11.2 Å². The summed E-state index contributed by atoms with van der Waals surface area (Å²) in [6.07, 6.45) is 0.816. The molecule has 0 aliphatic carbocycles. The number of anilines is 1. The number of nitrogens with zero attached hydrogens (tertiary/aromatic N) is 3. The fourth-order valence-electron chi connectivity index (χ4n) is 4.12. The molecule has 160 valence electrons. The molecule has 2 aromatic carbocycles. The normalized spacial score (nSPS) is 14.6. The third kappa shape index (κ3) is 4.59. The van der Waals surface area contributed by atoms with Gasteiger partial charge >= 0.3 is 0 Å². The van der Waals surface area contributed by atoms with Gasteiger partial charge in [0.1, 0.15) is 0 Å². The molecule has 0 atom stereocenters. The molecule has 0 bridgehead atoms. The summed E-state index contributed by atoms with van der Waals surface area (Å²) in [5.74, 6) is 0.0139. The first kappa shape index (κ1) is 21.0. The van der Waals surface area contributed by atoms with Gasteiger partial charge in [-0.1, -0.05) is 43.3 Å². The maximum atomic E-state index is 12.9. The number of rotatable bonds is 5. The van der Waals surface area contributed by atoms with Gasteiger partial charge in [0, 0.05) is 42.8 Å². The summed E-state index contributed by atoms with van der Waals surface area (Å²) in [6, 6.07) is 17.3. The summed E-state index contributed by atoms with van der Waals surface area (Å²) in [4.78, 5) is 34.2. The fourth-order valence-corrected chi connectivity index (χ4v) is 4.12. The van der Waals surface area contributed by atoms with Gasteiger partial charge in [0.05, 0.1) is 17.7 Å². The van der Waals surface area contributed by atoms with E-state index in [-0.39, 0.29) is 11.8 Å². The molecule has 1 aromatic heterocycles. The Balaban J connectivity index is 1.39. The van der Waals surface area contributed by atoms with Crippen LogP contribution in [0.4, 0.5) is 5.69 Å². The lowest BCUT2D eigenvalue weighted by molar-refractivity contribution is -0.117. The first-order valence-electron chi connectivity index (χ1n) is 10.8. The molecular formula is C25H28N4O2. The molecule has 0 spiro atoms. The smallest absolute Gasteiger partial charge is 0.253 e. The van der Waals surface area contributed by atoms with Crippen molar-refractivity contribution in [3.05, 3.63) is 71.4 Å². The van der Waals surface area contributed by atoms with Crippen LogP contribution in [0, 0.1) is 6.92 Å². The van der Waals surface area contributed by atoms with Gasteiger partial charge in [-0.15, -0.1) is 0 Å². The number of amides is 2. The third-order valence-electron chi connectivity index (χ3n) is 5.88. The maximum absolute atomic E-state index is 12.9. The predicted octanol–water partition coefficient (Wildman–Crippen LogP) is 3.50. The van der Waals surface area contributed by atoms with Gasteiger partial charge in [0.15, 0.2) is 0 Å². The molecule has 2 amide bonds. The molecule has 2 heterocycles. The zero-order chi connectivity index (χ0) is 21.8. The summed E-state index contributed by atoms with van der Waals surface area (Å²) in [5.41, 5.74) is 4.48. The summed E-state index contributed by atoms with van der Waals surface area (Å²) in [7, 11) is 0. The Kier molecular flexibility index (Phi) is 6.28. The molecule has 3 aromatic rings. The zero-order valence-corrected chi connectivity index (χ0v) is 18.1. The lowest BCUT2D eigenvalue weighted by Gasteiger charge is -2.34. The number of hydrogen-bond donors (Lipinski definition) is 1. The Morgan fingerprint density at radius 1 is 0.968 bits per heavy atom. The largest absolute Gasteiger partial charge is 0.336 e. The van der Waals surface area contributed by atoms with Crippen molar-refractivity contribution in [3.8, 4) is 0 Å². The number of pyridine rings is 1. The number of para-hydroxylation sites is 1. The number of hydrogen-bond acceptors (Lipinski definition) is 4. The van der Waals surface area contributed by atoms with Crippen LogP contribution in [0.2, 0.25) is 0 Å². The number of aromatic nitrogens is 1. The van der Waals surface area contributed by atoms with E-state index in [0.29, 0.717) is 38.3 Å². The number of benzene rings is 2. The van der Waals surface area contributed by atoms with Crippen LogP contribution in [0.25, 0.3) is 10.9 Å². The minimum Gasteiger partial charge on any atom is -0.336 e. The summed E-state index contributed by atoms with van der Waals surface area (Å²) >= 11 is 0. The Morgan fingerprint density at radius 2 is 1.65 bits per heavy atom. The van der Waals surface area contributed by atoms with Gasteiger partial charge < -0.3 is 10.2 Å². The van der Waals surface area contributed by atoms with Crippen LogP contribution in [0.5, 0.6) is 0 Å². The lowest BCUT2D eigenvalue weighted by Crippen LogP contribution is -2.50. The lowest BCUT2D eigenvalue weighted by atomic mass is 10.1. The molecule has 6 nitrogen and oxygen atoms in total. The van der Waals surface area contributed by atoms with Crippen LogP contribution < -0.4 is 5.32 Å². The SMILES string of the molecule is CCc1nc2ccccc2c(NC(=O)CN2CCN(C(=O)c3ccccc3)CC2)c1C. The minimum absolute atomic E-state index is 0.0376. The van der Waals surface area contributed by atoms with E-state index in [1.807, 2.05) is 66.4 Å². The van der Waals surface area contributed by atoms with Crippen molar-refractivity contribution in [1.82, 2.24) is 14.8 Å². The van der Waals surface area contributed by atoms with Crippen LogP contribution in [0.15, 0.2) is 54.6 Å². The van der Waals surface area contributed by atoms with Gasteiger partial charge in [-0.2, -0.15) is 0 Å². The Bertz CT molecular complexity index is 1090. The molecule has 1 saturated heterocycles. The number of fused-ring (bicyclic) bond motifs is 1. The van der Waals surface area contributed by atoms with E-state index in [4.69, 9.17) is 4.98 Å². The monoisotopic (exact) mass is 416 g/mol. The van der Waals surface area contributed by atoms with Crippen molar-refractivity contribution in [3.63, 3.8) is 0 Å². The van der Waals surface area contributed by atoms with Gasteiger partial charge in [-0.3, -0.25) is 19.5 Å². The molecule has 1 N–H and O–H groups in total. The molecule has 1 aliphatic heterocycles. The van der Waals surface area contributed by atoms with E-state index < -0.39 is 0 Å². The molecule has 0 saturated carbocycles. The van der Waals surface area contributed by atoms with E-state index in [9.17, 15) is 9.59 Å². The van der Waals surface area contributed by atoms with Gasteiger partial charge in [0.25, 0.3) is 5.91 Å². The highest BCUT2D eigenvalue weighted by Gasteiger charge is 2.23. The summed E-state index contributed by atoms with van der Waals surface area (Å²) < 4.78 is 0. The summed E-state index contributed by atoms with van der Waals surface area (Å²) in [6.45, 7) is 7.01. The first-order valence-corrected chi connectivity index (χ1v) is 10.8. The number of carbonyl (C=O) groups is 2. The van der Waals surface area contributed by atoms with Crippen LogP contribution in [-0.4, -0.2) is 59.3 Å². The second-order valence-electron chi connectivity index (χ2n) is 7.91. The molecule has 6 heteroatoms. The average molecular weight is 417 g/mol. The Labute approximate surface area is 182 Å². The number of nitrogens with one attached hydrogen (secondary N) is 1. The standard InChI is InChI=1S/C25H28N4O2/c1-3-21-18(2)24(20-11-7-8-12-22(20)26-21)27-23(30)17-28-13-15-29(16-14-28)25(31)19-9-5-4-6-10-19/h4-12H,3,13-17H2,1-2H3,(H,26,27,30). The van der Waals surface area contributed by atoms with Gasteiger partial charge in [0.2, 0.25) is 5.91 Å². The first-order chi connectivity index (χ1) is 15.1.